The molecule has 2 N–H and O–H groups in total. The SMILES string of the molecule is O=C(O)c1cccc2nc(-c3ccc4c(C(=O)O)cccc4n3)ccc12.[K].[K]. The van der Waals surface area contributed by atoms with Crippen molar-refractivity contribution in [1.29, 1.82) is 0 Å². The first-order valence-corrected chi connectivity index (χ1v) is 7.81. The molecule has 128 valence electrons. The standard InChI is InChI=1S/C20H12N2O4.2K/c23-19(24)13-3-1-5-15-11(13)7-9-17(21-15)18-10-8-12-14(20(25)26)4-2-6-16(12)22-18;;/h1-10H,(H,23,24)(H,25,26);;. The third-order valence-corrected chi connectivity index (χ3v) is 4.19. The molecule has 0 aliphatic rings. The third kappa shape index (κ3) is 4.62. The smallest absolute Gasteiger partial charge is 0.336 e. The van der Waals surface area contributed by atoms with E-state index in [0.717, 1.165) is 0 Å². The number of benzene rings is 2. The van der Waals surface area contributed by atoms with Gasteiger partial charge in [-0.05, 0) is 48.5 Å². The van der Waals surface area contributed by atoms with Crippen LogP contribution in [0.25, 0.3) is 33.2 Å². The Morgan fingerprint density at radius 2 is 1.00 bits per heavy atom. The largest absolute Gasteiger partial charge is 0.478 e. The van der Waals surface area contributed by atoms with Crippen LogP contribution in [0.2, 0.25) is 0 Å². The van der Waals surface area contributed by atoms with Crippen LogP contribution < -0.4 is 0 Å². The minimum absolute atomic E-state index is 0. The van der Waals surface area contributed by atoms with Crippen LogP contribution in [0.5, 0.6) is 0 Å². The average molecular weight is 423 g/mol. The molecule has 2 heterocycles. The summed E-state index contributed by atoms with van der Waals surface area (Å²) >= 11 is 0. The molecular formula is C20H12K2N2O4. The maximum absolute atomic E-state index is 11.3. The van der Waals surface area contributed by atoms with Crippen molar-refractivity contribution in [2.24, 2.45) is 0 Å². The first kappa shape index (κ1) is 23.7. The van der Waals surface area contributed by atoms with Gasteiger partial charge in [-0.25, -0.2) is 19.6 Å². The number of fused-ring (bicyclic) bond motifs is 2. The Labute approximate surface area is 245 Å². The Bertz CT molecular complexity index is 1120. The molecule has 2 aromatic carbocycles. The van der Waals surface area contributed by atoms with Crippen molar-refractivity contribution in [3.63, 3.8) is 0 Å². The zero-order chi connectivity index (χ0) is 18.3. The molecule has 4 aromatic rings. The summed E-state index contributed by atoms with van der Waals surface area (Å²) in [6, 6.07) is 16.7. The number of carboxylic acids is 2. The number of pyridine rings is 2. The number of aromatic carboxylic acids is 2. The summed E-state index contributed by atoms with van der Waals surface area (Å²) in [6.07, 6.45) is 0. The summed E-state index contributed by atoms with van der Waals surface area (Å²) in [5.41, 5.74) is 2.68. The number of carboxylic acid groups (broad SMARTS) is 2. The third-order valence-electron chi connectivity index (χ3n) is 4.19. The molecule has 0 aliphatic heterocycles. The number of aromatic nitrogens is 2. The molecule has 0 aliphatic carbocycles. The van der Waals surface area contributed by atoms with Gasteiger partial charge in [-0.3, -0.25) is 0 Å². The number of hydrogen-bond acceptors (Lipinski definition) is 4. The predicted octanol–water partition coefficient (Wildman–Crippen LogP) is 3.08. The molecule has 8 heteroatoms. The molecule has 0 bridgehead atoms. The Hall–Kier alpha value is -0.527. The normalized spacial score (nSPS) is 10.1. The quantitative estimate of drug-likeness (QED) is 0.492. The fraction of sp³-hybridized carbons (Fsp3) is 0. The van der Waals surface area contributed by atoms with Crippen LogP contribution in [0, 0.1) is 0 Å². The van der Waals surface area contributed by atoms with Crippen molar-refractivity contribution in [3.8, 4) is 11.4 Å². The maximum Gasteiger partial charge on any atom is 0.336 e. The van der Waals surface area contributed by atoms with Gasteiger partial charge in [0.1, 0.15) is 0 Å². The summed E-state index contributed by atoms with van der Waals surface area (Å²) < 4.78 is 0. The molecule has 6 nitrogen and oxygen atoms in total. The second kappa shape index (κ2) is 9.99. The van der Waals surface area contributed by atoms with Gasteiger partial charge in [0.05, 0.1) is 33.5 Å². The van der Waals surface area contributed by atoms with Gasteiger partial charge in [0, 0.05) is 114 Å². The molecular weight excluding hydrogens is 410 g/mol. The van der Waals surface area contributed by atoms with Crippen molar-refractivity contribution < 1.29 is 19.8 Å². The molecule has 2 radical (unpaired) electrons. The van der Waals surface area contributed by atoms with E-state index in [1.54, 1.807) is 48.5 Å². The van der Waals surface area contributed by atoms with Crippen LogP contribution in [0.3, 0.4) is 0 Å². The van der Waals surface area contributed by atoms with Crippen LogP contribution in [0.15, 0.2) is 60.7 Å². The molecule has 0 atom stereocenters. The summed E-state index contributed by atoms with van der Waals surface area (Å²) in [7, 11) is 0. The van der Waals surface area contributed by atoms with Gasteiger partial charge in [-0.2, -0.15) is 0 Å². The van der Waals surface area contributed by atoms with Crippen LogP contribution in [0.4, 0.5) is 0 Å². The van der Waals surface area contributed by atoms with E-state index in [-0.39, 0.29) is 114 Å². The monoisotopic (exact) mass is 422 g/mol. The Balaban J connectivity index is 0.00000140. The molecule has 28 heavy (non-hydrogen) atoms. The first-order valence-electron chi connectivity index (χ1n) is 7.81. The minimum atomic E-state index is -1.00. The molecule has 0 fully saturated rings. The van der Waals surface area contributed by atoms with E-state index in [2.05, 4.69) is 9.97 Å². The van der Waals surface area contributed by atoms with Crippen LogP contribution in [-0.2, 0) is 0 Å². The minimum Gasteiger partial charge on any atom is -0.478 e. The van der Waals surface area contributed by atoms with Gasteiger partial charge in [-0.1, -0.05) is 12.1 Å². The number of hydrogen-bond donors (Lipinski definition) is 2. The Kier molecular flexibility index (Phi) is 8.47. The van der Waals surface area contributed by atoms with E-state index in [0.29, 0.717) is 33.2 Å². The van der Waals surface area contributed by atoms with Crippen LogP contribution >= 0.6 is 0 Å². The van der Waals surface area contributed by atoms with Gasteiger partial charge >= 0.3 is 11.9 Å². The first-order chi connectivity index (χ1) is 12.5. The zero-order valence-corrected chi connectivity index (χ0v) is 21.6. The van der Waals surface area contributed by atoms with E-state index in [1.165, 1.54) is 12.1 Å². The summed E-state index contributed by atoms with van der Waals surface area (Å²) in [6.45, 7) is 0. The number of rotatable bonds is 3. The average Bonchev–Trinajstić information content (AvgIpc) is 2.65. The summed E-state index contributed by atoms with van der Waals surface area (Å²) in [4.78, 5) is 31.7. The van der Waals surface area contributed by atoms with E-state index in [9.17, 15) is 19.8 Å². The molecule has 0 spiro atoms. The molecule has 0 saturated heterocycles. The van der Waals surface area contributed by atoms with Crippen molar-refractivity contribution in [1.82, 2.24) is 9.97 Å². The van der Waals surface area contributed by atoms with Crippen molar-refractivity contribution in [2.45, 2.75) is 0 Å². The van der Waals surface area contributed by atoms with E-state index >= 15 is 0 Å². The van der Waals surface area contributed by atoms with E-state index < -0.39 is 11.9 Å². The van der Waals surface area contributed by atoms with Gasteiger partial charge in [0.25, 0.3) is 0 Å². The second-order valence-corrected chi connectivity index (χ2v) is 5.75. The van der Waals surface area contributed by atoms with Gasteiger partial charge in [-0.15, -0.1) is 0 Å². The maximum atomic E-state index is 11.3. The van der Waals surface area contributed by atoms with Crippen LogP contribution in [0.1, 0.15) is 20.7 Å². The summed E-state index contributed by atoms with van der Waals surface area (Å²) in [5, 5.41) is 19.6. The fourth-order valence-electron chi connectivity index (χ4n) is 2.97. The van der Waals surface area contributed by atoms with Crippen LogP contribution in [-0.4, -0.2) is 135 Å². The van der Waals surface area contributed by atoms with Gasteiger partial charge < -0.3 is 10.2 Å². The predicted molar refractivity (Wildman–Crippen MR) is 108 cm³/mol. The molecule has 0 amide bonds. The zero-order valence-electron chi connectivity index (χ0n) is 15.4. The van der Waals surface area contributed by atoms with Gasteiger partial charge in [0.2, 0.25) is 0 Å². The van der Waals surface area contributed by atoms with Crippen molar-refractivity contribution in [2.75, 3.05) is 0 Å². The van der Waals surface area contributed by atoms with E-state index in [1.807, 2.05) is 0 Å². The topological polar surface area (TPSA) is 100 Å². The number of carbonyl (C=O) groups is 2. The second-order valence-electron chi connectivity index (χ2n) is 5.75. The molecule has 2 aromatic heterocycles. The molecule has 0 saturated carbocycles. The molecule has 4 rings (SSSR count). The fourth-order valence-corrected chi connectivity index (χ4v) is 2.97. The van der Waals surface area contributed by atoms with Crippen molar-refractivity contribution >= 4 is 137 Å². The van der Waals surface area contributed by atoms with E-state index in [4.69, 9.17) is 0 Å². The Morgan fingerprint density at radius 3 is 1.36 bits per heavy atom. The van der Waals surface area contributed by atoms with Crippen molar-refractivity contribution in [3.05, 3.63) is 71.8 Å². The van der Waals surface area contributed by atoms with Gasteiger partial charge in [0.15, 0.2) is 0 Å². The number of nitrogens with zero attached hydrogens (tertiary/aromatic N) is 2. The molecule has 0 unspecified atom stereocenters. The Morgan fingerprint density at radius 1 is 0.607 bits per heavy atom. The summed E-state index contributed by atoms with van der Waals surface area (Å²) in [5.74, 6) is -2.01.